The number of nitrogens with zero attached hydrogens (tertiary/aromatic N) is 1. The third-order valence-electron chi connectivity index (χ3n) is 3.98. The van der Waals surface area contributed by atoms with E-state index in [1.165, 1.54) is 25.7 Å². The molecular formula is C13H24N2O2. The second-order valence-electron chi connectivity index (χ2n) is 5.24. The van der Waals surface area contributed by atoms with Crippen LogP contribution in [-0.2, 0) is 9.53 Å². The minimum atomic E-state index is -0.0847. The van der Waals surface area contributed by atoms with Crippen LogP contribution in [0.5, 0.6) is 0 Å². The van der Waals surface area contributed by atoms with E-state index in [4.69, 9.17) is 4.74 Å². The van der Waals surface area contributed by atoms with E-state index in [1.54, 1.807) is 0 Å². The lowest BCUT2D eigenvalue weighted by Gasteiger charge is -2.31. The molecule has 0 aromatic heterocycles. The molecule has 0 bridgehead atoms. The largest absolute Gasteiger partial charge is 0.464 e. The number of hydrogen-bond donors (Lipinski definition) is 1. The van der Waals surface area contributed by atoms with Gasteiger partial charge in [0.25, 0.3) is 0 Å². The van der Waals surface area contributed by atoms with Crippen molar-refractivity contribution in [2.45, 2.75) is 38.6 Å². The lowest BCUT2D eigenvalue weighted by molar-refractivity contribution is -0.151. The maximum atomic E-state index is 11.9. The summed E-state index contributed by atoms with van der Waals surface area (Å²) in [5.74, 6) is 0.577. The Morgan fingerprint density at radius 1 is 1.35 bits per heavy atom. The van der Waals surface area contributed by atoms with E-state index < -0.39 is 0 Å². The summed E-state index contributed by atoms with van der Waals surface area (Å²) >= 11 is 0. The number of rotatable bonds is 4. The van der Waals surface area contributed by atoms with E-state index in [0.717, 1.165) is 26.2 Å². The molecule has 1 N–H and O–H groups in total. The molecule has 1 saturated carbocycles. The van der Waals surface area contributed by atoms with Crippen LogP contribution >= 0.6 is 0 Å². The van der Waals surface area contributed by atoms with Crippen LogP contribution in [0, 0.1) is 5.92 Å². The molecule has 17 heavy (non-hydrogen) atoms. The van der Waals surface area contributed by atoms with E-state index in [0.29, 0.717) is 12.5 Å². The van der Waals surface area contributed by atoms with Crippen molar-refractivity contribution in [2.24, 2.45) is 5.92 Å². The average molecular weight is 240 g/mol. The SMILES string of the molecule is CC(C(=O)OCC1CCCC1)N1CCNCC1. The van der Waals surface area contributed by atoms with Crippen molar-refractivity contribution in [3.63, 3.8) is 0 Å². The van der Waals surface area contributed by atoms with Crippen molar-refractivity contribution in [3.8, 4) is 0 Å². The molecule has 0 spiro atoms. The van der Waals surface area contributed by atoms with Crippen molar-refractivity contribution < 1.29 is 9.53 Å². The van der Waals surface area contributed by atoms with Gasteiger partial charge in [0.05, 0.1) is 6.61 Å². The summed E-state index contributed by atoms with van der Waals surface area (Å²) in [6.45, 7) is 6.43. The summed E-state index contributed by atoms with van der Waals surface area (Å²) in [7, 11) is 0. The molecule has 1 heterocycles. The standard InChI is InChI=1S/C13H24N2O2/c1-11(15-8-6-14-7-9-15)13(16)17-10-12-4-2-3-5-12/h11-12,14H,2-10H2,1H3. The van der Waals surface area contributed by atoms with E-state index >= 15 is 0 Å². The zero-order valence-corrected chi connectivity index (χ0v) is 10.8. The topological polar surface area (TPSA) is 41.6 Å². The second kappa shape index (κ2) is 6.36. The van der Waals surface area contributed by atoms with Gasteiger partial charge in [0.1, 0.15) is 6.04 Å². The Labute approximate surface area is 104 Å². The maximum Gasteiger partial charge on any atom is 0.323 e. The second-order valence-corrected chi connectivity index (χ2v) is 5.24. The molecule has 2 rings (SSSR count). The Kier molecular flexibility index (Phi) is 4.80. The summed E-state index contributed by atoms with van der Waals surface area (Å²) in [6, 6.07) is -0.0847. The van der Waals surface area contributed by atoms with Crippen LogP contribution in [0.4, 0.5) is 0 Å². The van der Waals surface area contributed by atoms with Gasteiger partial charge in [-0.3, -0.25) is 9.69 Å². The summed E-state index contributed by atoms with van der Waals surface area (Å²) in [5.41, 5.74) is 0. The summed E-state index contributed by atoms with van der Waals surface area (Å²) < 4.78 is 5.44. The highest BCUT2D eigenvalue weighted by atomic mass is 16.5. The molecule has 1 atom stereocenters. The molecule has 1 aliphatic heterocycles. The molecule has 0 aromatic rings. The van der Waals surface area contributed by atoms with Crippen molar-refractivity contribution in [3.05, 3.63) is 0 Å². The van der Waals surface area contributed by atoms with Crippen molar-refractivity contribution >= 4 is 5.97 Å². The van der Waals surface area contributed by atoms with Gasteiger partial charge in [0.15, 0.2) is 0 Å². The average Bonchev–Trinajstić information content (AvgIpc) is 2.89. The van der Waals surface area contributed by atoms with Crippen molar-refractivity contribution in [1.82, 2.24) is 10.2 Å². The highest BCUT2D eigenvalue weighted by Gasteiger charge is 2.25. The van der Waals surface area contributed by atoms with E-state index in [2.05, 4.69) is 10.2 Å². The summed E-state index contributed by atoms with van der Waals surface area (Å²) in [6.07, 6.45) is 5.07. The number of hydrogen-bond acceptors (Lipinski definition) is 4. The number of piperazine rings is 1. The molecule has 2 fully saturated rings. The quantitative estimate of drug-likeness (QED) is 0.745. The fourth-order valence-corrected chi connectivity index (χ4v) is 2.72. The van der Waals surface area contributed by atoms with Gasteiger partial charge in [-0.25, -0.2) is 0 Å². The number of ether oxygens (including phenoxy) is 1. The molecule has 98 valence electrons. The van der Waals surface area contributed by atoms with Gasteiger partial charge in [0.2, 0.25) is 0 Å². The molecule has 1 saturated heterocycles. The van der Waals surface area contributed by atoms with Crippen LogP contribution in [0.15, 0.2) is 0 Å². The van der Waals surface area contributed by atoms with Gasteiger partial charge >= 0.3 is 5.97 Å². The zero-order chi connectivity index (χ0) is 12.1. The molecule has 0 aromatic carbocycles. The minimum Gasteiger partial charge on any atom is -0.464 e. The third-order valence-corrected chi connectivity index (χ3v) is 3.98. The molecule has 2 aliphatic rings. The smallest absolute Gasteiger partial charge is 0.323 e. The minimum absolute atomic E-state index is 0.0428. The summed E-state index contributed by atoms with van der Waals surface area (Å²) in [4.78, 5) is 14.1. The van der Waals surface area contributed by atoms with Gasteiger partial charge < -0.3 is 10.1 Å². The Bertz CT molecular complexity index is 246. The Balaban J connectivity index is 1.70. The molecule has 1 aliphatic carbocycles. The van der Waals surface area contributed by atoms with Crippen LogP contribution in [0.25, 0.3) is 0 Å². The highest BCUT2D eigenvalue weighted by molar-refractivity contribution is 5.75. The lowest BCUT2D eigenvalue weighted by atomic mass is 10.1. The summed E-state index contributed by atoms with van der Waals surface area (Å²) in [5, 5.41) is 3.29. The monoisotopic (exact) mass is 240 g/mol. The molecular weight excluding hydrogens is 216 g/mol. The Hall–Kier alpha value is -0.610. The van der Waals surface area contributed by atoms with Crippen LogP contribution in [0.2, 0.25) is 0 Å². The zero-order valence-electron chi connectivity index (χ0n) is 10.8. The normalized spacial score (nSPS) is 24.8. The van der Waals surface area contributed by atoms with Gasteiger partial charge in [-0.15, -0.1) is 0 Å². The number of carbonyl (C=O) groups is 1. The van der Waals surface area contributed by atoms with Crippen molar-refractivity contribution in [1.29, 1.82) is 0 Å². The van der Waals surface area contributed by atoms with Gasteiger partial charge in [-0.1, -0.05) is 12.8 Å². The van der Waals surface area contributed by atoms with Gasteiger partial charge in [-0.2, -0.15) is 0 Å². The predicted octanol–water partition coefficient (Wildman–Crippen LogP) is 1.01. The molecule has 1 unspecified atom stereocenters. The Morgan fingerprint density at radius 3 is 2.65 bits per heavy atom. The first kappa shape index (κ1) is 12.8. The first-order valence-electron chi connectivity index (χ1n) is 6.89. The first-order valence-corrected chi connectivity index (χ1v) is 6.89. The van der Waals surface area contributed by atoms with Crippen LogP contribution in [0.1, 0.15) is 32.6 Å². The molecule has 4 heteroatoms. The molecule has 0 amide bonds. The highest BCUT2D eigenvalue weighted by Crippen LogP contribution is 2.24. The van der Waals surface area contributed by atoms with Crippen molar-refractivity contribution in [2.75, 3.05) is 32.8 Å². The molecule has 0 radical (unpaired) electrons. The third kappa shape index (κ3) is 3.68. The first-order chi connectivity index (χ1) is 8.27. The van der Waals surface area contributed by atoms with Crippen LogP contribution in [-0.4, -0.2) is 49.7 Å². The number of esters is 1. The van der Waals surface area contributed by atoms with E-state index in [9.17, 15) is 4.79 Å². The fourth-order valence-electron chi connectivity index (χ4n) is 2.72. The fraction of sp³-hybridized carbons (Fsp3) is 0.923. The number of carbonyl (C=O) groups excluding carboxylic acids is 1. The van der Waals surface area contributed by atoms with E-state index in [1.807, 2.05) is 6.92 Å². The predicted molar refractivity (Wildman–Crippen MR) is 66.8 cm³/mol. The van der Waals surface area contributed by atoms with Gasteiger partial charge in [0, 0.05) is 26.2 Å². The van der Waals surface area contributed by atoms with Gasteiger partial charge in [-0.05, 0) is 25.7 Å². The van der Waals surface area contributed by atoms with E-state index in [-0.39, 0.29) is 12.0 Å². The lowest BCUT2D eigenvalue weighted by Crippen LogP contribution is -2.50. The Morgan fingerprint density at radius 2 is 2.00 bits per heavy atom. The van der Waals surface area contributed by atoms with Crippen LogP contribution in [0.3, 0.4) is 0 Å². The van der Waals surface area contributed by atoms with Crippen LogP contribution < -0.4 is 5.32 Å². The number of nitrogens with one attached hydrogen (secondary N) is 1. The molecule has 4 nitrogen and oxygen atoms in total. The maximum absolute atomic E-state index is 11.9.